The zero-order chi connectivity index (χ0) is 19.1. The van der Waals surface area contributed by atoms with Gasteiger partial charge in [-0.3, -0.25) is 0 Å². The number of nitrogens with zero attached hydrogens (tertiary/aromatic N) is 2. The Morgan fingerprint density at radius 3 is 2.23 bits per heavy atom. The molecule has 3 aromatic rings. The molecule has 136 valence electrons. The second-order valence-electron chi connectivity index (χ2n) is 5.90. The fourth-order valence-electron chi connectivity index (χ4n) is 2.49. The molecule has 0 spiro atoms. The fourth-order valence-corrected chi connectivity index (χ4v) is 3.13. The number of halogens is 3. The van der Waals surface area contributed by atoms with E-state index >= 15 is 0 Å². The Hall–Kier alpha value is -2.61. The van der Waals surface area contributed by atoms with Crippen LogP contribution in [0.1, 0.15) is 17.7 Å². The lowest BCUT2D eigenvalue weighted by molar-refractivity contribution is 0.145. The van der Waals surface area contributed by atoms with Crippen molar-refractivity contribution in [3.63, 3.8) is 0 Å². The van der Waals surface area contributed by atoms with Crippen LogP contribution in [-0.4, -0.2) is 24.5 Å². The molecular formula is C18H15F3N2O2S. The second-order valence-corrected chi connectivity index (χ2v) is 7.91. The molecule has 0 radical (unpaired) electrons. The zero-order valence-electron chi connectivity index (χ0n) is 13.9. The van der Waals surface area contributed by atoms with Gasteiger partial charge in [-0.2, -0.15) is 5.10 Å². The van der Waals surface area contributed by atoms with Crippen LogP contribution >= 0.6 is 0 Å². The fraction of sp³-hybridized carbons (Fsp3) is 0.167. The predicted molar refractivity (Wildman–Crippen MR) is 91.8 cm³/mol. The molecule has 0 bridgehead atoms. The van der Waals surface area contributed by atoms with E-state index in [4.69, 9.17) is 0 Å². The van der Waals surface area contributed by atoms with Crippen molar-refractivity contribution in [2.45, 2.75) is 18.2 Å². The van der Waals surface area contributed by atoms with Crippen LogP contribution < -0.4 is 0 Å². The van der Waals surface area contributed by atoms with Crippen LogP contribution in [0.5, 0.6) is 0 Å². The van der Waals surface area contributed by atoms with Gasteiger partial charge in [-0.25, -0.2) is 26.3 Å². The van der Waals surface area contributed by atoms with Gasteiger partial charge < -0.3 is 0 Å². The van der Waals surface area contributed by atoms with Crippen molar-refractivity contribution in [3.8, 4) is 16.9 Å². The Morgan fingerprint density at radius 2 is 1.69 bits per heavy atom. The Bertz CT molecular complexity index is 1060. The molecule has 0 unspecified atom stereocenters. The van der Waals surface area contributed by atoms with Gasteiger partial charge in [-0.1, -0.05) is 18.2 Å². The molecule has 8 heteroatoms. The van der Waals surface area contributed by atoms with E-state index < -0.39 is 27.8 Å². The van der Waals surface area contributed by atoms with Crippen LogP contribution in [0.3, 0.4) is 0 Å². The average Bonchev–Trinajstić information content (AvgIpc) is 3.02. The molecule has 0 N–H and O–H groups in total. The molecule has 0 atom stereocenters. The maximum atomic E-state index is 13.9. The molecule has 2 aromatic carbocycles. The molecule has 1 aromatic heterocycles. The third kappa shape index (κ3) is 3.50. The van der Waals surface area contributed by atoms with Gasteiger partial charge in [0.2, 0.25) is 0 Å². The summed E-state index contributed by atoms with van der Waals surface area (Å²) in [5, 5.41) is 3.88. The second kappa shape index (κ2) is 6.60. The van der Waals surface area contributed by atoms with E-state index in [1.165, 1.54) is 47.1 Å². The van der Waals surface area contributed by atoms with E-state index in [0.717, 1.165) is 6.26 Å². The van der Waals surface area contributed by atoms with Crippen LogP contribution in [-0.2, 0) is 9.84 Å². The normalized spacial score (nSPS) is 11.9. The van der Waals surface area contributed by atoms with Crippen molar-refractivity contribution < 1.29 is 21.6 Å². The Balaban J connectivity index is 2.15. The molecule has 0 saturated carbocycles. The zero-order valence-corrected chi connectivity index (χ0v) is 14.8. The van der Waals surface area contributed by atoms with Crippen molar-refractivity contribution in [2.75, 3.05) is 6.26 Å². The van der Waals surface area contributed by atoms with Gasteiger partial charge in [-0.05, 0) is 42.8 Å². The Morgan fingerprint density at radius 1 is 1.04 bits per heavy atom. The molecule has 3 rings (SSSR count). The van der Waals surface area contributed by atoms with Crippen molar-refractivity contribution in [2.24, 2.45) is 0 Å². The number of sulfone groups is 1. The number of aryl methyl sites for hydroxylation is 1. The summed E-state index contributed by atoms with van der Waals surface area (Å²) in [7, 11) is -3.37. The monoisotopic (exact) mass is 380 g/mol. The Labute approximate surface area is 148 Å². The number of alkyl halides is 2. The van der Waals surface area contributed by atoms with E-state index in [2.05, 4.69) is 5.10 Å². The lowest BCUT2D eigenvalue weighted by Gasteiger charge is -2.09. The summed E-state index contributed by atoms with van der Waals surface area (Å²) in [5.41, 5.74) is 1.06. The number of hydrogen-bond acceptors (Lipinski definition) is 3. The molecule has 0 saturated heterocycles. The van der Waals surface area contributed by atoms with Crippen LogP contribution in [0, 0.1) is 12.7 Å². The SMILES string of the molecule is Cc1ccc(-n2nc(C(F)F)cc2-c2ccc(S(C)(=O)=O)cc2)cc1F. The summed E-state index contributed by atoms with van der Waals surface area (Å²) in [6.07, 6.45) is -1.71. The van der Waals surface area contributed by atoms with Gasteiger partial charge >= 0.3 is 0 Å². The highest BCUT2D eigenvalue weighted by Crippen LogP contribution is 2.29. The largest absolute Gasteiger partial charge is 0.282 e. The quantitative estimate of drug-likeness (QED) is 0.677. The summed E-state index contributed by atoms with van der Waals surface area (Å²) in [6, 6.07) is 11.3. The molecule has 4 nitrogen and oxygen atoms in total. The van der Waals surface area contributed by atoms with E-state index in [-0.39, 0.29) is 4.90 Å². The van der Waals surface area contributed by atoms with Gasteiger partial charge in [0, 0.05) is 11.8 Å². The van der Waals surface area contributed by atoms with Gasteiger partial charge in [0.1, 0.15) is 11.5 Å². The van der Waals surface area contributed by atoms with Gasteiger partial charge in [0.25, 0.3) is 6.43 Å². The van der Waals surface area contributed by atoms with Crippen LogP contribution in [0.25, 0.3) is 16.9 Å². The first-order valence-electron chi connectivity index (χ1n) is 7.62. The van der Waals surface area contributed by atoms with Gasteiger partial charge in [0.15, 0.2) is 9.84 Å². The molecule has 1 heterocycles. The topological polar surface area (TPSA) is 52.0 Å². The molecule has 0 fully saturated rings. The number of rotatable bonds is 4. The van der Waals surface area contributed by atoms with E-state index in [1.54, 1.807) is 13.0 Å². The maximum absolute atomic E-state index is 13.9. The first-order valence-corrected chi connectivity index (χ1v) is 9.51. The highest BCUT2D eigenvalue weighted by atomic mass is 32.2. The third-order valence-corrected chi connectivity index (χ3v) is 5.06. The minimum Gasteiger partial charge on any atom is -0.233 e. The molecule has 0 aliphatic heterocycles. The van der Waals surface area contributed by atoms with Crippen LogP contribution in [0.4, 0.5) is 13.2 Å². The standard InChI is InChI=1S/C18H15F3N2O2S/c1-11-3-6-13(9-15(11)19)23-17(10-16(22-23)18(20)21)12-4-7-14(8-5-12)26(2,24)25/h3-10,18H,1-2H3. The highest BCUT2D eigenvalue weighted by Gasteiger charge is 2.19. The number of benzene rings is 2. The van der Waals surface area contributed by atoms with E-state index in [1.807, 2.05) is 0 Å². The summed E-state index contributed by atoms with van der Waals surface area (Å²) >= 11 is 0. The van der Waals surface area contributed by atoms with Gasteiger partial charge in [0.05, 0.1) is 16.3 Å². The minimum absolute atomic E-state index is 0.114. The molecule has 0 aliphatic carbocycles. The first kappa shape index (κ1) is 18.2. The summed E-state index contributed by atoms with van der Waals surface area (Å²) in [4.78, 5) is 0.114. The van der Waals surface area contributed by atoms with Crippen LogP contribution in [0.2, 0.25) is 0 Å². The first-order chi connectivity index (χ1) is 12.2. The summed E-state index contributed by atoms with van der Waals surface area (Å²) in [5.74, 6) is -0.477. The van der Waals surface area contributed by atoms with Crippen molar-refractivity contribution in [1.82, 2.24) is 9.78 Å². The van der Waals surface area contributed by atoms with Crippen LogP contribution in [0.15, 0.2) is 53.4 Å². The summed E-state index contributed by atoms with van der Waals surface area (Å²) < 4.78 is 64.5. The van der Waals surface area contributed by atoms with Crippen molar-refractivity contribution in [3.05, 3.63) is 65.6 Å². The molecule has 26 heavy (non-hydrogen) atoms. The van der Waals surface area contributed by atoms with Crippen molar-refractivity contribution in [1.29, 1.82) is 0 Å². The third-order valence-electron chi connectivity index (χ3n) is 3.93. The minimum atomic E-state index is -3.37. The maximum Gasteiger partial charge on any atom is 0.282 e. The summed E-state index contributed by atoms with van der Waals surface area (Å²) in [6.45, 7) is 1.59. The smallest absolute Gasteiger partial charge is 0.233 e. The lowest BCUT2D eigenvalue weighted by atomic mass is 10.1. The van der Waals surface area contributed by atoms with E-state index in [0.29, 0.717) is 22.5 Å². The highest BCUT2D eigenvalue weighted by molar-refractivity contribution is 7.90. The van der Waals surface area contributed by atoms with Gasteiger partial charge in [-0.15, -0.1) is 0 Å². The average molecular weight is 380 g/mol. The predicted octanol–water partition coefficient (Wildman–Crippen LogP) is 4.33. The number of aromatic nitrogens is 2. The lowest BCUT2D eigenvalue weighted by Crippen LogP contribution is -2.02. The molecule has 0 amide bonds. The van der Waals surface area contributed by atoms with Crippen molar-refractivity contribution >= 4 is 9.84 Å². The Kier molecular flexibility index (Phi) is 4.62. The number of hydrogen-bond donors (Lipinski definition) is 0. The molecular weight excluding hydrogens is 365 g/mol. The molecule has 0 aliphatic rings. The van der Waals surface area contributed by atoms with E-state index in [9.17, 15) is 21.6 Å².